The predicted molar refractivity (Wildman–Crippen MR) is 90.8 cm³/mol. The minimum absolute atomic E-state index is 0.717. The van der Waals surface area contributed by atoms with E-state index in [0.717, 1.165) is 19.1 Å². The average Bonchev–Trinajstić information content (AvgIpc) is 3.11. The van der Waals surface area contributed by atoms with Crippen molar-refractivity contribution in [3.63, 3.8) is 0 Å². The van der Waals surface area contributed by atoms with Crippen LogP contribution in [0.4, 0.5) is 5.82 Å². The first-order valence-corrected chi connectivity index (χ1v) is 9.46. The molecular weight excluding hydrogens is 292 g/mol. The average molecular weight is 314 g/mol. The molecule has 3 aliphatic rings. The summed E-state index contributed by atoms with van der Waals surface area (Å²) in [4.78, 5) is 14.5. The first-order valence-electron chi connectivity index (χ1n) is 8.65. The molecule has 0 spiro atoms. The molecule has 1 saturated carbocycles. The number of hydrogen-bond donors (Lipinski definition) is 1. The fraction of sp³-hybridized carbons (Fsp3) is 0.647. The molecule has 0 radical (unpaired) electrons. The van der Waals surface area contributed by atoms with Crippen LogP contribution in [0.2, 0.25) is 0 Å². The topological polar surface area (TPSA) is 41.1 Å². The first kappa shape index (κ1) is 13.3. The third-order valence-electron chi connectivity index (χ3n) is 5.32. The van der Waals surface area contributed by atoms with Crippen LogP contribution in [0.5, 0.6) is 0 Å². The minimum atomic E-state index is 0.717. The number of nitrogens with one attached hydrogen (secondary N) is 1. The highest BCUT2D eigenvalue weighted by Gasteiger charge is 2.29. The van der Waals surface area contributed by atoms with Gasteiger partial charge in [-0.15, -0.1) is 11.3 Å². The summed E-state index contributed by atoms with van der Waals surface area (Å²) in [5.74, 6) is 1.20. The first-order chi connectivity index (χ1) is 10.9. The van der Waals surface area contributed by atoms with Gasteiger partial charge in [0.05, 0.1) is 5.39 Å². The van der Waals surface area contributed by atoms with E-state index in [0.29, 0.717) is 6.04 Å². The molecule has 5 rings (SSSR count). The fourth-order valence-electron chi connectivity index (χ4n) is 3.99. The van der Waals surface area contributed by atoms with Crippen LogP contribution in [0, 0.1) is 0 Å². The summed E-state index contributed by atoms with van der Waals surface area (Å²) in [7, 11) is 0. The lowest BCUT2D eigenvalue weighted by atomic mass is 10.0. The van der Waals surface area contributed by atoms with Crippen molar-refractivity contribution in [3.05, 3.63) is 16.8 Å². The van der Waals surface area contributed by atoms with Crippen molar-refractivity contribution in [2.24, 2.45) is 0 Å². The molecule has 2 aromatic rings. The van der Waals surface area contributed by atoms with E-state index in [1.807, 2.05) is 11.3 Å². The molecule has 3 heterocycles. The smallest absolute Gasteiger partial charge is 0.141 e. The molecule has 116 valence electrons. The molecule has 1 aliphatic heterocycles. The van der Waals surface area contributed by atoms with Crippen LogP contribution in [0.15, 0.2) is 6.33 Å². The Kier molecular flexibility index (Phi) is 3.11. The van der Waals surface area contributed by atoms with Gasteiger partial charge in [0.25, 0.3) is 0 Å². The number of nitrogens with zero attached hydrogens (tertiary/aromatic N) is 3. The van der Waals surface area contributed by atoms with Gasteiger partial charge in [0.15, 0.2) is 0 Å². The van der Waals surface area contributed by atoms with Crippen molar-refractivity contribution in [1.82, 2.24) is 15.3 Å². The second-order valence-electron chi connectivity index (χ2n) is 6.94. The molecule has 0 aromatic carbocycles. The van der Waals surface area contributed by atoms with Gasteiger partial charge < -0.3 is 10.2 Å². The molecule has 2 fully saturated rings. The highest BCUT2D eigenvalue weighted by Crippen LogP contribution is 2.40. The third-order valence-corrected chi connectivity index (χ3v) is 6.52. The van der Waals surface area contributed by atoms with E-state index in [9.17, 15) is 0 Å². The third kappa shape index (κ3) is 2.22. The lowest BCUT2D eigenvalue weighted by Gasteiger charge is -2.33. The zero-order chi connectivity index (χ0) is 14.5. The van der Waals surface area contributed by atoms with E-state index in [2.05, 4.69) is 20.2 Å². The van der Waals surface area contributed by atoms with Crippen LogP contribution in [-0.4, -0.2) is 35.1 Å². The molecule has 2 aliphatic carbocycles. The Morgan fingerprint density at radius 1 is 1.05 bits per heavy atom. The number of thiophene rings is 1. The molecule has 0 atom stereocenters. The van der Waals surface area contributed by atoms with E-state index in [1.165, 1.54) is 61.0 Å². The molecule has 0 amide bonds. The molecule has 5 heteroatoms. The zero-order valence-electron chi connectivity index (χ0n) is 12.8. The molecule has 1 saturated heterocycles. The Bertz CT molecular complexity index is 698. The van der Waals surface area contributed by atoms with E-state index in [4.69, 9.17) is 0 Å². The van der Waals surface area contributed by atoms with Crippen molar-refractivity contribution in [3.8, 4) is 0 Å². The summed E-state index contributed by atoms with van der Waals surface area (Å²) in [6.07, 6.45) is 10.8. The Hall–Kier alpha value is -1.20. The predicted octanol–water partition coefficient (Wildman–Crippen LogP) is 2.90. The van der Waals surface area contributed by atoms with Gasteiger partial charge in [-0.3, -0.25) is 0 Å². The maximum atomic E-state index is 4.68. The summed E-state index contributed by atoms with van der Waals surface area (Å²) in [6, 6.07) is 1.54. The van der Waals surface area contributed by atoms with Gasteiger partial charge >= 0.3 is 0 Å². The Morgan fingerprint density at radius 2 is 1.86 bits per heavy atom. The van der Waals surface area contributed by atoms with Crippen LogP contribution in [0.3, 0.4) is 0 Å². The van der Waals surface area contributed by atoms with Crippen LogP contribution in [0.25, 0.3) is 10.2 Å². The van der Waals surface area contributed by atoms with Gasteiger partial charge in [0, 0.05) is 30.1 Å². The number of aromatic nitrogens is 2. The van der Waals surface area contributed by atoms with Gasteiger partial charge in [-0.2, -0.15) is 0 Å². The molecule has 0 unspecified atom stereocenters. The van der Waals surface area contributed by atoms with E-state index < -0.39 is 0 Å². The summed E-state index contributed by atoms with van der Waals surface area (Å²) >= 11 is 1.89. The molecule has 0 bridgehead atoms. The van der Waals surface area contributed by atoms with E-state index >= 15 is 0 Å². The summed E-state index contributed by atoms with van der Waals surface area (Å²) in [6.45, 7) is 2.25. The monoisotopic (exact) mass is 314 g/mol. The van der Waals surface area contributed by atoms with Crippen molar-refractivity contribution < 1.29 is 0 Å². The van der Waals surface area contributed by atoms with Gasteiger partial charge in [-0.25, -0.2) is 9.97 Å². The number of piperidine rings is 1. The summed E-state index contributed by atoms with van der Waals surface area (Å²) < 4.78 is 0. The molecule has 2 aromatic heterocycles. The zero-order valence-corrected chi connectivity index (χ0v) is 13.7. The normalized spacial score (nSPS) is 22.5. The number of anilines is 1. The maximum Gasteiger partial charge on any atom is 0.141 e. The van der Waals surface area contributed by atoms with E-state index in [-0.39, 0.29) is 0 Å². The highest BCUT2D eigenvalue weighted by molar-refractivity contribution is 7.19. The lowest BCUT2D eigenvalue weighted by Crippen LogP contribution is -2.43. The molecule has 22 heavy (non-hydrogen) atoms. The Morgan fingerprint density at radius 3 is 2.68 bits per heavy atom. The van der Waals surface area contributed by atoms with Crippen LogP contribution in [0.1, 0.15) is 42.5 Å². The Labute approximate surface area is 134 Å². The maximum absolute atomic E-state index is 4.68. The minimum Gasteiger partial charge on any atom is -0.356 e. The SMILES string of the molecule is c1nc(N2CCC(NC3CC3)CC2)c2c3c(sc2n1)CCC3. The van der Waals surface area contributed by atoms with Crippen LogP contribution < -0.4 is 10.2 Å². The van der Waals surface area contributed by atoms with Crippen molar-refractivity contribution >= 4 is 27.4 Å². The summed E-state index contributed by atoms with van der Waals surface area (Å²) in [5.41, 5.74) is 1.55. The highest BCUT2D eigenvalue weighted by atomic mass is 32.1. The van der Waals surface area contributed by atoms with Gasteiger partial charge in [0.1, 0.15) is 17.0 Å². The number of fused-ring (bicyclic) bond motifs is 3. The molecular formula is C17H22N4S. The Balaban J connectivity index is 1.42. The number of aryl methyl sites for hydroxylation is 2. The second kappa shape index (κ2) is 5.17. The number of hydrogen-bond acceptors (Lipinski definition) is 5. The number of rotatable bonds is 3. The van der Waals surface area contributed by atoms with Gasteiger partial charge in [-0.05, 0) is 50.5 Å². The van der Waals surface area contributed by atoms with Gasteiger partial charge in [-0.1, -0.05) is 0 Å². The second-order valence-corrected chi connectivity index (χ2v) is 8.02. The lowest BCUT2D eigenvalue weighted by molar-refractivity contribution is 0.412. The van der Waals surface area contributed by atoms with Crippen LogP contribution >= 0.6 is 11.3 Å². The molecule has 4 nitrogen and oxygen atoms in total. The fourth-order valence-corrected chi connectivity index (χ4v) is 5.22. The van der Waals surface area contributed by atoms with Crippen molar-refractivity contribution in [2.75, 3.05) is 18.0 Å². The molecule has 1 N–H and O–H groups in total. The van der Waals surface area contributed by atoms with Crippen LogP contribution in [-0.2, 0) is 12.8 Å². The van der Waals surface area contributed by atoms with Crippen molar-refractivity contribution in [1.29, 1.82) is 0 Å². The van der Waals surface area contributed by atoms with E-state index in [1.54, 1.807) is 16.8 Å². The quantitative estimate of drug-likeness (QED) is 0.946. The summed E-state index contributed by atoms with van der Waals surface area (Å²) in [5, 5.41) is 5.15. The van der Waals surface area contributed by atoms with Gasteiger partial charge in [0.2, 0.25) is 0 Å². The van der Waals surface area contributed by atoms with Crippen molar-refractivity contribution in [2.45, 2.75) is 57.0 Å². The standard InChI is InChI=1S/C17H22N4S/c1-2-13-14(3-1)22-17-15(13)16(18-10-19-17)21-8-6-12(7-9-21)20-11-4-5-11/h10-12,20H,1-9H2. The largest absolute Gasteiger partial charge is 0.356 e.